The second-order valence-electron chi connectivity index (χ2n) is 6.38. The number of primary sulfonamides is 1. The quantitative estimate of drug-likeness (QED) is 0.527. The first kappa shape index (κ1) is 18.7. The Bertz CT molecular complexity index is 1220. The van der Waals surface area contributed by atoms with Crippen molar-refractivity contribution in [2.24, 2.45) is 5.14 Å². The molecule has 1 aliphatic carbocycles. The van der Waals surface area contributed by atoms with Crippen LogP contribution in [-0.4, -0.2) is 43.5 Å². The first-order chi connectivity index (χ1) is 13.3. The van der Waals surface area contributed by atoms with Crippen molar-refractivity contribution in [3.8, 4) is 22.5 Å². The van der Waals surface area contributed by atoms with Crippen LogP contribution in [0.4, 0.5) is 0 Å². The molecule has 0 amide bonds. The monoisotopic (exact) mass is 420 g/mol. The van der Waals surface area contributed by atoms with Crippen molar-refractivity contribution in [3.63, 3.8) is 0 Å². The summed E-state index contributed by atoms with van der Waals surface area (Å²) in [7, 11) is -7.64. The van der Waals surface area contributed by atoms with Crippen LogP contribution in [0.15, 0.2) is 52.3 Å². The normalized spacial score (nSPS) is 14.9. The van der Waals surface area contributed by atoms with E-state index < -0.39 is 20.0 Å². The van der Waals surface area contributed by atoms with E-state index in [-0.39, 0.29) is 27.2 Å². The summed E-state index contributed by atoms with van der Waals surface area (Å²) in [6, 6.07) is 10.7. The smallest absolute Gasteiger partial charge is 0.225 e. The minimum absolute atomic E-state index is 0.000890. The number of H-pyrrole nitrogens is 1. The Kier molecular flexibility index (Phi) is 4.50. The number of aromatic amines is 1. The minimum Gasteiger partial charge on any atom is -0.225 e. The molecule has 0 bridgehead atoms. The van der Waals surface area contributed by atoms with E-state index in [1.54, 1.807) is 18.2 Å². The van der Waals surface area contributed by atoms with E-state index in [0.29, 0.717) is 11.1 Å². The second kappa shape index (κ2) is 6.74. The van der Waals surface area contributed by atoms with Crippen LogP contribution >= 0.6 is 0 Å². The predicted molar refractivity (Wildman–Crippen MR) is 99.8 cm³/mol. The van der Waals surface area contributed by atoms with Crippen molar-refractivity contribution in [3.05, 3.63) is 42.5 Å². The molecular weight excluding hydrogens is 404 g/mol. The SMILES string of the molecule is NS(=O)(=O)c1cccc(-c2ccc(S(=O)(=O)NC3CC3)cc2)c1-c1nn[nH]n1. The zero-order chi connectivity index (χ0) is 19.9. The van der Waals surface area contributed by atoms with Gasteiger partial charge >= 0.3 is 0 Å². The Hall–Kier alpha value is -2.67. The first-order valence-corrected chi connectivity index (χ1v) is 11.3. The Morgan fingerprint density at radius 3 is 2.32 bits per heavy atom. The number of tetrazole rings is 1. The summed E-state index contributed by atoms with van der Waals surface area (Å²) >= 11 is 0. The topological polar surface area (TPSA) is 161 Å². The van der Waals surface area contributed by atoms with Crippen molar-refractivity contribution in [1.82, 2.24) is 25.3 Å². The number of aromatic nitrogens is 4. The van der Waals surface area contributed by atoms with Gasteiger partial charge in [-0.2, -0.15) is 5.21 Å². The molecule has 0 spiro atoms. The summed E-state index contributed by atoms with van der Waals surface area (Å²) in [5.41, 5.74) is 1.24. The highest BCUT2D eigenvalue weighted by molar-refractivity contribution is 7.89. The van der Waals surface area contributed by atoms with Crippen molar-refractivity contribution < 1.29 is 16.8 Å². The Morgan fingerprint density at radius 1 is 1.04 bits per heavy atom. The van der Waals surface area contributed by atoms with Crippen molar-refractivity contribution in [1.29, 1.82) is 0 Å². The van der Waals surface area contributed by atoms with E-state index in [1.165, 1.54) is 24.3 Å². The van der Waals surface area contributed by atoms with Gasteiger partial charge in [-0.15, -0.1) is 10.2 Å². The molecule has 0 aliphatic heterocycles. The summed E-state index contributed by atoms with van der Waals surface area (Å²) in [6.45, 7) is 0. The fraction of sp³-hybridized carbons (Fsp3) is 0.188. The van der Waals surface area contributed by atoms with Gasteiger partial charge in [-0.05, 0) is 47.4 Å². The average molecular weight is 420 g/mol. The lowest BCUT2D eigenvalue weighted by Gasteiger charge is -2.12. The lowest BCUT2D eigenvalue weighted by atomic mass is 9.99. The summed E-state index contributed by atoms with van der Waals surface area (Å²) in [5.74, 6) is 0.0618. The van der Waals surface area contributed by atoms with Gasteiger partial charge in [0.25, 0.3) is 0 Å². The van der Waals surface area contributed by atoms with Crippen LogP contribution in [0.5, 0.6) is 0 Å². The fourth-order valence-corrected chi connectivity index (χ4v) is 4.87. The van der Waals surface area contributed by atoms with E-state index >= 15 is 0 Å². The molecule has 0 unspecified atom stereocenters. The van der Waals surface area contributed by atoms with Crippen LogP contribution in [-0.2, 0) is 20.0 Å². The molecule has 3 aromatic rings. The summed E-state index contributed by atoms with van der Waals surface area (Å²) < 4.78 is 51.3. The molecule has 10 nitrogen and oxygen atoms in total. The summed E-state index contributed by atoms with van der Waals surface area (Å²) in [4.78, 5) is -0.0228. The number of hydrogen-bond donors (Lipinski definition) is 3. The number of nitrogens with zero attached hydrogens (tertiary/aromatic N) is 3. The molecule has 146 valence electrons. The Balaban J connectivity index is 1.81. The van der Waals surface area contributed by atoms with Crippen LogP contribution < -0.4 is 9.86 Å². The third-order valence-electron chi connectivity index (χ3n) is 4.28. The third kappa shape index (κ3) is 3.67. The molecule has 4 rings (SSSR count). The van der Waals surface area contributed by atoms with E-state index in [9.17, 15) is 16.8 Å². The maximum absolute atomic E-state index is 12.3. The number of hydrogen-bond acceptors (Lipinski definition) is 7. The molecule has 1 aromatic heterocycles. The lowest BCUT2D eigenvalue weighted by Crippen LogP contribution is -2.25. The average Bonchev–Trinajstić information content (AvgIpc) is 3.28. The highest BCUT2D eigenvalue weighted by Gasteiger charge is 2.28. The number of sulfonamides is 2. The van der Waals surface area contributed by atoms with E-state index in [0.717, 1.165) is 12.8 Å². The lowest BCUT2D eigenvalue weighted by molar-refractivity contribution is 0.581. The standard InChI is InChI=1S/C16H16N6O4S2/c17-27(23,24)14-3-1-2-13(15(14)16-18-21-22-19-16)10-4-8-12(9-5-10)28(25,26)20-11-6-7-11/h1-5,8-9,11,20H,6-7H2,(H2,17,23,24)(H,18,19,21,22). The van der Waals surface area contributed by atoms with Crippen LogP contribution in [0, 0.1) is 0 Å². The van der Waals surface area contributed by atoms with Gasteiger partial charge in [0.05, 0.1) is 15.4 Å². The van der Waals surface area contributed by atoms with Crippen LogP contribution in [0.2, 0.25) is 0 Å². The number of benzene rings is 2. The Morgan fingerprint density at radius 2 is 1.75 bits per heavy atom. The predicted octanol–water partition coefficient (Wildman–Crippen LogP) is 0.622. The molecule has 0 saturated heterocycles. The van der Waals surface area contributed by atoms with Gasteiger partial charge in [0.2, 0.25) is 25.9 Å². The summed E-state index contributed by atoms with van der Waals surface area (Å²) in [6.07, 6.45) is 1.68. The highest BCUT2D eigenvalue weighted by atomic mass is 32.2. The number of nitrogens with two attached hydrogens (primary N) is 1. The van der Waals surface area contributed by atoms with Gasteiger partial charge in [-0.3, -0.25) is 0 Å². The summed E-state index contributed by atoms with van der Waals surface area (Å²) in [5, 5.41) is 18.8. The van der Waals surface area contributed by atoms with Gasteiger partial charge < -0.3 is 0 Å². The molecule has 2 aromatic carbocycles. The molecule has 28 heavy (non-hydrogen) atoms. The highest BCUT2D eigenvalue weighted by Crippen LogP contribution is 2.35. The zero-order valence-corrected chi connectivity index (χ0v) is 16.0. The van der Waals surface area contributed by atoms with Gasteiger partial charge in [0, 0.05) is 6.04 Å². The maximum Gasteiger partial charge on any atom is 0.240 e. The molecule has 0 radical (unpaired) electrons. The number of rotatable bonds is 6. The molecule has 0 atom stereocenters. The van der Waals surface area contributed by atoms with E-state index in [2.05, 4.69) is 25.3 Å². The van der Waals surface area contributed by atoms with Crippen LogP contribution in [0.3, 0.4) is 0 Å². The van der Waals surface area contributed by atoms with Gasteiger partial charge in [-0.25, -0.2) is 26.7 Å². The van der Waals surface area contributed by atoms with Gasteiger partial charge in [-0.1, -0.05) is 24.3 Å². The molecule has 1 saturated carbocycles. The largest absolute Gasteiger partial charge is 0.240 e. The van der Waals surface area contributed by atoms with E-state index in [1.807, 2.05) is 0 Å². The van der Waals surface area contributed by atoms with Crippen LogP contribution in [0.25, 0.3) is 22.5 Å². The minimum atomic E-state index is -4.06. The molecular formula is C16H16N6O4S2. The molecule has 1 fully saturated rings. The molecule has 4 N–H and O–H groups in total. The number of nitrogens with one attached hydrogen (secondary N) is 2. The van der Waals surface area contributed by atoms with Crippen LogP contribution in [0.1, 0.15) is 12.8 Å². The molecule has 12 heteroatoms. The fourth-order valence-electron chi connectivity index (χ4n) is 2.81. The van der Waals surface area contributed by atoms with Crippen molar-refractivity contribution in [2.75, 3.05) is 0 Å². The second-order valence-corrected chi connectivity index (χ2v) is 9.62. The molecule has 1 heterocycles. The third-order valence-corrected chi connectivity index (χ3v) is 6.77. The Labute approximate surface area is 161 Å². The van der Waals surface area contributed by atoms with Gasteiger partial charge in [0.1, 0.15) is 0 Å². The van der Waals surface area contributed by atoms with Crippen molar-refractivity contribution >= 4 is 20.0 Å². The zero-order valence-electron chi connectivity index (χ0n) is 14.4. The maximum atomic E-state index is 12.3. The van der Waals surface area contributed by atoms with E-state index in [4.69, 9.17) is 5.14 Å². The van der Waals surface area contributed by atoms with Crippen molar-refractivity contribution in [2.45, 2.75) is 28.7 Å². The first-order valence-electron chi connectivity index (χ1n) is 8.28. The van der Waals surface area contributed by atoms with Gasteiger partial charge in [0.15, 0.2) is 0 Å². The molecule has 1 aliphatic rings.